The summed E-state index contributed by atoms with van der Waals surface area (Å²) in [6.45, 7) is 4.10. The maximum absolute atomic E-state index is 12.4. The van der Waals surface area contributed by atoms with Gasteiger partial charge < -0.3 is 14.2 Å². The van der Waals surface area contributed by atoms with Gasteiger partial charge in [0.25, 0.3) is 0 Å². The summed E-state index contributed by atoms with van der Waals surface area (Å²) in [6, 6.07) is 14.3. The summed E-state index contributed by atoms with van der Waals surface area (Å²) in [4.78, 5) is 12.4. The summed E-state index contributed by atoms with van der Waals surface area (Å²) in [5, 5.41) is 8.16. The van der Waals surface area contributed by atoms with Crippen LogP contribution in [0.15, 0.2) is 48.5 Å². The molecule has 3 aromatic rings. The maximum atomic E-state index is 12.4. The second kappa shape index (κ2) is 7.86. The number of ether oxygens (including phenoxy) is 3. The zero-order valence-corrected chi connectivity index (χ0v) is 15.6. The van der Waals surface area contributed by atoms with Crippen molar-refractivity contribution in [3.63, 3.8) is 0 Å². The van der Waals surface area contributed by atoms with Gasteiger partial charge in [-0.1, -0.05) is 12.1 Å². The Morgan fingerprint density at radius 2 is 1.52 bits per heavy atom. The minimum atomic E-state index is -0.569. The van der Waals surface area contributed by atoms with E-state index < -0.39 is 5.97 Å². The van der Waals surface area contributed by atoms with Crippen LogP contribution in [0.2, 0.25) is 0 Å². The summed E-state index contributed by atoms with van der Waals surface area (Å²) < 4.78 is 15.6. The third kappa shape index (κ3) is 4.23. The van der Waals surface area contributed by atoms with E-state index in [0.717, 1.165) is 5.56 Å². The molecule has 0 atom stereocenters. The van der Waals surface area contributed by atoms with Crippen LogP contribution in [0.1, 0.15) is 21.5 Å². The van der Waals surface area contributed by atoms with Crippen molar-refractivity contribution >= 4 is 5.97 Å². The Balaban J connectivity index is 1.78. The molecule has 3 rings (SSSR count). The summed E-state index contributed by atoms with van der Waals surface area (Å²) in [7, 11) is 3.03. The first-order chi connectivity index (χ1) is 13.0. The zero-order valence-electron chi connectivity index (χ0n) is 15.6. The molecule has 6 nitrogen and oxygen atoms in total. The molecule has 0 bridgehead atoms. The van der Waals surface area contributed by atoms with E-state index in [1.165, 1.54) is 25.3 Å². The second-order valence-electron chi connectivity index (χ2n) is 6.05. The Bertz CT molecular complexity index is 946. The van der Waals surface area contributed by atoms with Crippen LogP contribution in [0.5, 0.6) is 17.4 Å². The lowest BCUT2D eigenvalue weighted by atomic mass is 10.0. The molecular weight excluding hydrogens is 344 g/mol. The average molecular weight is 364 g/mol. The number of carbonyl (C=O) groups excluding carboxylic acids is 1. The van der Waals surface area contributed by atoms with Crippen LogP contribution in [0.4, 0.5) is 0 Å². The van der Waals surface area contributed by atoms with Crippen molar-refractivity contribution in [2.45, 2.75) is 13.8 Å². The van der Waals surface area contributed by atoms with Crippen LogP contribution in [0.25, 0.3) is 11.3 Å². The lowest BCUT2D eigenvalue weighted by molar-refractivity contribution is 0.0725. The van der Waals surface area contributed by atoms with Crippen LogP contribution in [0, 0.1) is 13.8 Å². The van der Waals surface area contributed by atoms with Gasteiger partial charge in [0.1, 0.15) is 11.5 Å². The molecule has 0 fully saturated rings. The van der Waals surface area contributed by atoms with Crippen LogP contribution in [-0.2, 0) is 0 Å². The number of esters is 1. The molecular formula is C21H20N2O4. The topological polar surface area (TPSA) is 70.5 Å². The molecule has 0 unspecified atom stereocenters. The van der Waals surface area contributed by atoms with E-state index in [0.29, 0.717) is 22.8 Å². The molecule has 0 radical (unpaired) electrons. The summed E-state index contributed by atoms with van der Waals surface area (Å²) in [6.07, 6.45) is 0. The van der Waals surface area contributed by atoms with Crippen LogP contribution >= 0.6 is 0 Å². The maximum Gasteiger partial charge on any atom is 0.345 e. The molecule has 0 aliphatic heterocycles. The predicted octanol–water partition coefficient (Wildman–Crippen LogP) is 4.00. The van der Waals surface area contributed by atoms with E-state index in [9.17, 15) is 4.79 Å². The number of hydrogen-bond acceptors (Lipinski definition) is 6. The number of benzene rings is 2. The molecule has 0 saturated heterocycles. The highest BCUT2D eigenvalue weighted by Crippen LogP contribution is 2.24. The minimum absolute atomic E-state index is 0.120. The van der Waals surface area contributed by atoms with Crippen molar-refractivity contribution in [2.24, 2.45) is 0 Å². The number of aromatic nitrogens is 2. The molecule has 0 aliphatic rings. The third-order valence-corrected chi connectivity index (χ3v) is 4.23. The van der Waals surface area contributed by atoms with E-state index in [2.05, 4.69) is 17.1 Å². The third-order valence-electron chi connectivity index (χ3n) is 4.23. The SMILES string of the molecule is COc1cc(OC)cc(C(=O)Oc2ccc(-c3ccc(C)c(C)c3)nn2)c1. The Labute approximate surface area is 157 Å². The fraction of sp³-hybridized carbons (Fsp3) is 0.190. The molecule has 6 heteroatoms. The van der Waals surface area contributed by atoms with E-state index >= 15 is 0 Å². The fourth-order valence-electron chi connectivity index (χ4n) is 2.51. The minimum Gasteiger partial charge on any atom is -0.497 e. The molecule has 0 amide bonds. The predicted molar refractivity (Wildman–Crippen MR) is 101 cm³/mol. The molecule has 138 valence electrons. The lowest BCUT2D eigenvalue weighted by Gasteiger charge is -2.08. The van der Waals surface area contributed by atoms with Crippen molar-refractivity contribution in [3.8, 4) is 28.6 Å². The van der Waals surface area contributed by atoms with E-state index in [4.69, 9.17) is 14.2 Å². The Morgan fingerprint density at radius 3 is 2.07 bits per heavy atom. The van der Waals surface area contributed by atoms with Gasteiger partial charge in [-0.2, -0.15) is 0 Å². The van der Waals surface area contributed by atoms with Crippen molar-refractivity contribution in [3.05, 3.63) is 65.2 Å². The van der Waals surface area contributed by atoms with Crippen LogP contribution < -0.4 is 14.2 Å². The Hall–Kier alpha value is -3.41. The van der Waals surface area contributed by atoms with Gasteiger partial charge in [0.2, 0.25) is 5.88 Å². The van der Waals surface area contributed by atoms with Gasteiger partial charge in [0, 0.05) is 17.7 Å². The quantitative estimate of drug-likeness (QED) is 0.638. The molecule has 0 aliphatic carbocycles. The fourth-order valence-corrected chi connectivity index (χ4v) is 2.51. The molecule has 0 spiro atoms. The first-order valence-corrected chi connectivity index (χ1v) is 8.37. The molecule has 0 N–H and O–H groups in total. The Morgan fingerprint density at radius 1 is 0.815 bits per heavy atom. The molecule has 0 saturated carbocycles. The highest BCUT2D eigenvalue weighted by molar-refractivity contribution is 5.91. The number of nitrogens with zero attached hydrogens (tertiary/aromatic N) is 2. The van der Waals surface area contributed by atoms with Gasteiger partial charge >= 0.3 is 5.97 Å². The molecule has 1 heterocycles. The standard InChI is InChI=1S/C21H20N2O4/c1-13-5-6-15(9-14(13)2)19-7-8-20(23-22-19)27-21(24)16-10-17(25-3)12-18(11-16)26-4/h5-12H,1-4H3. The highest BCUT2D eigenvalue weighted by atomic mass is 16.5. The molecule has 1 aromatic heterocycles. The smallest absolute Gasteiger partial charge is 0.345 e. The monoisotopic (exact) mass is 364 g/mol. The summed E-state index contributed by atoms with van der Waals surface area (Å²) in [5.74, 6) is 0.546. The largest absolute Gasteiger partial charge is 0.497 e. The van der Waals surface area contributed by atoms with Gasteiger partial charge in [0.05, 0.1) is 25.5 Å². The number of methoxy groups -OCH3 is 2. The van der Waals surface area contributed by atoms with E-state index in [1.54, 1.807) is 30.3 Å². The highest BCUT2D eigenvalue weighted by Gasteiger charge is 2.13. The summed E-state index contributed by atoms with van der Waals surface area (Å²) in [5.41, 5.74) is 4.36. The normalized spacial score (nSPS) is 10.4. The zero-order chi connectivity index (χ0) is 19.4. The van der Waals surface area contributed by atoms with Crippen LogP contribution in [0.3, 0.4) is 0 Å². The van der Waals surface area contributed by atoms with Gasteiger partial charge in [0.15, 0.2) is 0 Å². The van der Waals surface area contributed by atoms with E-state index in [-0.39, 0.29) is 5.88 Å². The van der Waals surface area contributed by atoms with Crippen LogP contribution in [-0.4, -0.2) is 30.4 Å². The van der Waals surface area contributed by atoms with E-state index in [1.807, 2.05) is 25.1 Å². The van der Waals surface area contributed by atoms with Crippen molar-refractivity contribution < 1.29 is 19.0 Å². The van der Waals surface area contributed by atoms with Gasteiger partial charge in [-0.05, 0) is 49.2 Å². The molecule has 2 aromatic carbocycles. The number of rotatable bonds is 5. The molecule has 27 heavy (non-hydrogen) atoms. The second-order valence-corrected chi connectivity index (χ2v) is 6.05. The lowest BCUT2D eigenvalue weighted by Crippen LogP contribution is -2.10. The van der Waals surface area contributed by atoms with Crippen molar-refractivity contribution in [2.75, 3.05) is 14.2 Å². The van der Waals surface area contributed by atoms with Gasteiger partial charge in [-0.3, -0.25) is 0 Å². The number of carbonyl (C=O) groups is 1. The van der Waals surface area contributed by atoms with Crippen molar-refractivity contribution in [1.29, 1.82) is 0 Å². The first-order valence-electron chi connectivity index (χ1n) is 8.37. The van der Waals surface area contributed by atoms with Gasteiger partial charge in [-0.25, -0.2) is 4.79 Å². The summed E-state index contributed by atoms with van der Waals surface area (Å²) >= 11 is 0. The average Bonchev–Trinajstić information content (AvgIpc) is 2.70. The van der Waals surface area contributed by atoms with Gasteiger partial charge in [-0.15, -0.1) is 10.2 Å². The number of hydrogen-bond donors (Lipinski definition) is 0. The Kier molecular flexibility index (Phi) is 5.35. The first kappa shape index (κ1) is 18.4. The van der Waals surface area contributed by atoms with Crippen molar-refractivity contribution in [1.82, 2.24) is 10.2 Å². The number of aryl methyl sites for hydroxylation is 2.